The van der Waals surface area contributed by atoms with Crippen LogP contribution in [-0.4, -0.2) is 33.7 Å². The molecule has 0 bridgehead atoms. The Balaban J connectivity index is 2.04. The van der Waals surface area contributed by atoms with Gasteiger partial charge in [-0.3, -0.25) is 0 Å². The molecule has 6 heteroatoms. The fraction of sp³-hybridized carbons (Fsp3) is 0.312. The lowest BCUT2D eigenvalue weighted by Gasteiger charge is -2.11. The number of carboxylic acids is 1. The van der Waals surface area contributed by atoms with E-state index in [0.717, 1.165) is 12.8 Å². The molecule has 0 amide bonds. The molecule has 0 spiro atoms. The van der Waals surface area contributed by atoms with Crippen molar-refractivity contribution in [2.24, 2.45) is 0 Å². The van der Waals surface area contributed by atoms with E-state index >= 15 is 0 Å². The van der Waals surface area contributed by atoms with E-state index in [2.05, 4.69) is 15.3 Å². The van der Waals surface area contributed by atoms with Gasteiger partial charge in [0.05, 0.1) is 12.2 Å². The van der Waals surface area contributed by atoms with Crippen LogP contribution in [0.2, 0.25) is 0 Å². The second-order valence-electron chi connectivity index (χ2n) is 5.11. The number of anilines is 1. The third-order valence-corrected chi connectivity index (χ3v) is 3.30. The summed E-state index contributed by atoms with van der Waals surface area (Å²) in [6.45, 7) is 2.41. The van der Waals surface area contributed by atoms with E-state index in [0.29, 0.717) is 35.6 Å². The summed E-state index contributed by atoms with van der Waals surface area (Å²) in [5.74, 6) is 0.463. The first-order valence-corrected chi connectivity index (χ1v) is 7.28. The fourth-order valence-corrected chi connectivity index (χ4v) is 2.12. The number of aromatic nitrogens is 2. The van der Waals surface area contributed by atoms with E-state index in [1.54, 1.807) is 0 Å². The van der Waals surface area contributed by atoms with Crippen molar-refractivity contribution in [3.8, 4) is 17.1 Å². The number of ether oxygens (including phenoxy) is 1. The van der Waals surface area contributed by atoms with Gasteiger partial charge in [-0.25, -0.2) is 14.8 Å². The summed E-state index contributed by atoms with van der Waals surface area (Å²) in [6, 6.07) is 9.21. The molecular weight excluding hydrogens is 282 g/mol. The zero-order chi connectivity index (χ0) is 15.5. The first-order chi connectivity index (χ1) is 10.7. The maximum absolute atomic E-state index is 11.3. The maximum atomic E-state index is 11.3. The number of carbonyl (C=O) groups is 1. The fourth-order valence-electron chi connectivity index (χ4n) is 2.12. The lowest BCUT2D eigenvalue weighted by molar-refractivity contribution is 0.0690. The number of nitrogens with zero attached hydrogens (tertiary/aromatic N) is 2. The van der Waals surface area contributed by atoms with Gasteiger partial charge in [-0.1, -0.05) is 12.1 Å². The van der Waals surface area contributed by atoms with E-state index in [4.69, 9.17) is 4.74 Å². The molecule has 114 valence electrons. The van der Waals surface area contributed by atoms with Gasteiger partial charge < -0.3 is 15.2 Å². The van der Waals surface area contributed by atoms with Crippen LogP contribution >= 0.6 is 0 Å². The molecule has 1 aliphatic rings. The average Bonchev–Trinajstić information content (AvgIpc) is 3.32. The van der Waals surface area contributed by atoms with E-state index in [9.17, 15) is 9.90 Å². The number of aromatic carboxylic acids is 1. The van der Waals surface area contributed by atoms with Gasteiger partial charge in [0.15, 0.2) is 11.5 Å². The minimum atomic E-state index is -1.07. The first kappa shape index (κ1) is 14.3. The highest BCUT2D eigenvalue weighted by Crippen LogP contribution is 2.30. The van der Waals surface area contributed by atoms with Crippen molar-refractivity contribution < 1.29 is 14.6 Å². The zero-order valence-corrected chi connectivity index (χ0v) is 12.2. The predicted molar refractivity (Wildman–Crippen MR) is 82.2 cm³/mol. The van der Waals surface area contributed by atoms with Crippen LogP contribution in [0.25, 0.3) is 11.4 Å². The van der Waals surface area contributed by atoms with Crippen molar-refractivity contribution in [3.63, 3.8) is 0 Å². The summed E-state index contributed by atoms with van der Waals surface area (Å²) in [4.78, 5) is 19.9. The Morgan fingerprint density at radius 3 is 2.82 bits per heavy atom. The minimum absolute atomic E-state index is 0.0283. The van der Waals surface area contributed by atoms with Gasteiger partial charge in [0.25, 0.3) is 0 Å². The van der Waals surface area contributed by atoms with Crippen molar-refractivity contribution in [1.82, 2.24) is 9.97 Å². The third kappa shape index (κ3) is 3.16. The van der Waals surface area contributed by atoms with Gasteiger partial charge in [-0.05, 0) is 31.9 Å². The SMILES string of the molecule is CCOc1ccccc1-c1nc(NC2CC2)cc(C(=O)O)n1. The summed E-state index contributed by atoms with van der Waals surface area (Å²) < 4.78 is 5.58. The van der Waals surface area contributed by atoms with Crippen LogP contribution in [0.15, 0.2) is 30.3 Å². The summed E-state index contributed by atoms with van der Waals surface area (Å²) >= 11 is 0. The van der Waals surface area contributed by atoms with Gasteiger partial charge in [0.1, 0.15) is 11.6 Å². The molecule has 0 unspecified atom stereocenters. The number of benzene rings is 1. The van der Waals surface area contributed by atoms with Crippen LogP contribution < -0.4 is 10.1 Å². The second-order valence-corrected chi connectivity index (χ2v) is 5.11. The zero-order valence-electron chi connectivity index (χ0n) is 12.2. The standard InChI is InChI=1S/C16H17N3O3/c1-2-22-13-6-4-3-5-11(13)15-18-12(16(20)21)9-14(19-15)17-10-7-8-10/h3-6,9-10H,2,7-8H2,1H3,(H,20,21)(H,17,18,19). The predicted octanol–water partition coefficient (Wildman–Crippen LogP) is 2.81. The van der Waals surface area contributed by atoms with Crippen molar-refractivity contribution in [3.05, 3.63) is 36.0 Å². The van der Waals surface area contributed by atoms with E-state index in [1.165, 1.54) is 6.07 Å². The summed E-state index contributed by atoms with van der Waals surface area (Å²) in [5.41, 5.74) is 0.658. The van der Waals surface area contributed by atoms with Crippen molar-refractivity contribution in [2.45, 2.75) is 25.8 Å². The topological polar surface area (TPSA) is 84.3 Å². The molecule has 1 aliphatic carbocycles. The molecule has 1 heterocycles. The average molecular weight is 299 g/mol. The summed E-state index contributed by atoms with van der Waals surface area (Å²) in [7, 11) is 0. The monoisotopic (exact) mass is 299 g/mol. The van der Waals surface area contributed by atoms with Crippen LogP contribution in [0.5, 0.6) is 5.75 Å². The van der Waals surface area contributed by atoms with E-state index < -0.39 is 5.97 Å². The summed E-state index contributed by atoms with van der Waals surface area (Å²) in [6.07, 6.45) is 2.16. The smallest absolute Gasteiger partial charge is 0.354 e. The Labute approximate surface area is 128 Å². The molecule has 22 heavy (non-hydrogen) atoms. The van der Waals surface area contributed by atoms with Crippen LogP contribution in [0.4, 0.5) is 5.82 Å². The lowest BCUT2D eigenvalue weighted by Crippen LogP contribution is -2.09. The molecule has 1 saturated carbocycles. The number of carboxylic acid groups (broad SMARTS) is 1. The van der Waals surface area contributed by atoms with E-state index in [-0.39, 0.29) is 5.69 Å². The highest BCUT2D eigenvalue weighted by Gasteiger charge is 2.23. The van der Waals surface area contributed by atoms with Gasteiger partial charge in [0, 0.05) is 12.1 Å². The number of hydrogen-bond acceptors (Lipinski definition) is 5. The van der Waals surface area contributed by atoms with E-state index in [1.807, 2.05) is 31.2 Å². The molecule has 0 atom stereocenters. The number of nitrogens with one attached hydrogen (secondary N) is 1. The number of para-hydroxylation sites is 1. The molecule has 1 aromatic heterocycles. The maximum Gasteiger partial charge on any atom is 0.354 e. The van der Waals surface area contributed by atoms with Crippen molar-refractivity contribution in [1.29, 1.82) is 0 Å². The van der Waals surface area contributed by atoms with Gasteiger partial charge in [-0.15, -0.1) is 0 Å². The second kappa shape index (κ2) is 6.01. The molecule has 1 fully saturated rings. The largest absolute Gasteiger partial charge is 0.493 e. The number of rotatable bonds is 6. The van der Waals surface area contributed by atoms with Crippen LogP contribution in [0.1, 0.15) is 30.3 Å². The molecule has 0 aliphatic heterocycles. The van der Waals surface area contributed by atoms with Crippen LogP contribution in [-0.2, 0) is 0 Å². The molecule has 2 aromatic rings. The normalized spacial score (nSPS) is 13.7. The molecule has 2 N–H and O–H groups in total. The van der Waals surface area contributed by atoms with Gasteiger partial charge in [-0.2, -0.15) is 0 Å². The molecule has 3 rings (SSSR count). The van der Waals surface area contributed by atoms with Gasteiger partial charge >= 0.3 is 5.97 Å². The minimum Gasteiger partial charge on any atom is -0.493 e. The van der Waals surface area contributed by atoms with Crippen LogP contribution in [0.3, 0.4) is 0 Å². The lowest BCUT2D eigenvalue weighted by atomic mass is 10.2. The molecule has 1 aromatic carbocycles. The highest BCUT2D eigenvalue weighted by atomic mass is 16.5. The molecular formula is C16H17N3O3. The van der Waals surface area contributed by atoms with Crippen molar-refractivity contribution in [2.75, 3.05) is 11.9 Å². The Kier molecular flexibility index (Phi) is 3.91. The highest BCUT2D eigenvalue weighted by molar-refractivity contribution is 5.87. The molecule has 0 saturated heterocycles. The molecule has 6 nitrogen and oxygen atoms in total. The van der Waals surface area contributed by atoms with Crippen LogP contribution in [0, 0.1) is 0 Å². The first-order valence-electron chi connectivity index (χ1n) is 7.28. The Morgan fingerprint density at radius 1 is 1.36 bits per heavy atom. The molecule has 0 radical (unpaired) electrons. The van der Waals surface area contributed by atoms with Gasteiger partial charge in [0.2, 0.25) is 0 Å². The Hall–Kier alpha value is -2.63. The Morgan fingerprint density at radius 2 is 2.14 bits per heavy atom. The van der Waals surface area contributed by atoms with Crippen molar-refractivity contribution >= 4 is 11.8 Å². The third-order valence-electron chi connectivity index (χ3n) is 3.30. The Bertz CT molecular complexity index is 699. The summed E-state index contributed by atoms with van der Waals surface area (Å²) in [5, 5.41) is 12.5. The number of hydrogen-bond donors (Lipinski definition) is 2. The quantitative estimate of drug-likeness (QED) is 0.853.